The van der Waals surface area contributed by atoms with Gasteiger partial charge in [-0.3, -0.25) is 5.10 Å². The Hall–Kier alpha value is -1.06. The maximum absolute atomic E-state index is 12.4. The first kappa shape index (κ1) is 5.70. The molecule has 1 fully saturated rings. The Balaban J connectivity index is 2.20. The molecule has 0 radical (unpaired) electrons. The van der Waals surface area contributed by atoms with E-state index < -0.39 is 6.17 Å². The number of hydrogen-bond acceptors (Lipinski definition) is 2. The highest BCUT2D eigenvalue weighted by Gasteiger charge is 2.39. The zero-order chi connectivity index (χ0) is 7.14. The molecule has 0 bridgehead atoms. The first-order valence-corrected chi connectivity index (χ1v) is 3.22. The Morgan fingerprint density at radius 2 is 2.50 bits per heavy atom. The van der Waals surface area contributed by atoms with Crippen LogP contribution in [0.2, 0.25) is 0 Å². The summed E-state index contributed by atoms with van der Waals surface area (Å²) in [5.74, 6) is 0.471. The fourth-order valence-corrected chi connectivity index (χ4v) is 1.03. The van der Waals surface area contributed by atoms with Crippen LogP contribution in [0.4, 0.5) is 10.2 Å². The lowest BCUT2D eigenvalue weighted by molar-refractivity contribution is 0.466. The van der Waals surface area contributed by atoms with Crippen molar-refractivity contribution in [3.8, 4) is 0 Å². The molecule has 3 nitrogen and oxygen atoms in total. The maximum Gasteiger partial charge on any atom is 0.145 e. The number of anilines is 1. The first-order chi connectivity index (χ1) is 4.77. The van der Waals surface area contributed by atoms with Gasteiger partial charge in [0.1, 0.15) is 12.0 Å². The van der Waals surface area contributed by atoms with Gasteiger partial charge < -0.3 is 5.73 Å². The lowest BCUT2D eigenvalue weighted by Crippen LogP contribution is -1.81. The van der Waals surface area contributed by atoms with Crippen LogP contribution in [0.5, 0.6) is 0 Å². The molecule has 10 heavy (non-hydrogen) atoms. The van der Waals surface area contributed by atoms with Gasteiger partial charge in [-0.1, -0.05) is 0 Å². The van der Waals surface area contributed by atoms with Crippen LogP contribution < -0.4 is 5.73 Å². The number of aromatic nitrogens is 2. The van der Waals surface area contributed by atoms with Gasteiger partial charge in [0.25, 0.3) is 0 Å². The quantitative estimate of drug-likeness (QED) is 0.608. The number of hydrogen-bond donors (Lipinski definition) is 2. The summed E-state index contributed by atoms with van der Waals surface area (Å²) >= 11 is 0. The molecule has 1 heterocycles. The van der Waals surface area contributed by atoms with Crippen LogP contribution in [0.25, 0.3) is 0 Å². The van der Waals surface area contributed by atoms with Crippen LogP contribution in [0.1, 0.15) is 18.0 Å². The zero-order valence-corrected chi connectivity index (χ0v) is 5.34. The van der Waals surface area contributed by atoms with Crippen LogP contribution in [0.3, 0.4) is 0 Å². The van der Waals surface area contributed by atoms with Gasteiger partial charge in [-0.25, -0.2) is 4.39 Å². The maximum atomic E-state index is 12.4. The minimum Gasteiger partial charge on any atom is -0.382 e. The molecule has 0 aromatic carbocycles. The van der Waals surface area contributed by atoms with Gasteiger partial charge in [-0.15, -0.1) is 0 Å². The van der Waals surface area contributed by atoms with Crippen LogP contribution >= 0.6 is 0 Å². The summed E-state index contributed by atoms with van der Waals surface area (Å²) < 4.78 is 12.4. The average molecular weight is 141 g/mol. The molecule has 0 aliphatic heterocycles. The van der Waals surface area contributed by atoms with E-state index in [1.807, 2.05) is 0 Å². The lowest BCUT2D eigenvalue weighted by atomic mass is 10.3. The van der Waals surface area contributed by atoms with Gasteiger partial charge in [-0.05, 0) is 6.42 Å². The molecule has 2 atom stereocenters. The second-order valence-corrected chi connectivity index (χ2v) is 2.61. The Bertz CT molecular complexity index is 245. The number of H-pyrrole nitrogens is 1. The molecule has 0 amide bonds. The van der Waals surface area contributed by atoms with Crippen molar-refractivity contribution in [3.63, 3.8) is 0 Å². The molecule has 4 heteroatoms. The summed E-state index contributed by atoms with van der Waals surface area (Å²) in [5, 5.41) is 6.38. The third-order valence-electron chi connectivity index (χ3n) is 1.73. The predicted molar refractivity (Wildman–Crippen MR) is 35.3 cm³/mol. The first-order valence-electron chi connectivity index (χ1n) is 3.22. The van der Waals surface area contributed by atoms with Crippen molar-refractivity contribution in [2.24, 2.45) is 0 Å². The fourth-order valence-electron chi connectivity index (χ4n) is 1.03. The third-order valence-corrected chi connectivity index (χ3v) is 1.73. The molecular formula is C6H8FN3. The van der Waals surface area contributed by atoms with Crippen molar-refractivity contribution < 1.29 is 4.39 Å². The van der Waals surface area contributed by atoms with Gasteiger partial charge in [0.15, 0.2) is 0 Å². The molecule has 1 aromatic rings. The number of rotatable bonds is 1. The Kier molecular flexibility index (Phi) is 0.977. The minimum atomic E-state index is -0.681. The molecular weight excluding hydrogens is 133 g/mol. The van der Waals surface area contributed by atoms with E-state index >= 15 is 0 Å². The molecule has 3 N–H and O–H groups in total. The molecule has 54 valence electrons. The monoisotopic (exact) mass is 141 g/mol. The molecule has 1 saturated carbocycles. The standard InChI is InChI=1S/C6H8FN3/c7-4-1-3(4)5-2-6(8)10-9-5/h2-4H,1H2,(H3,8,9,10)/t3-,4+/m1/s1. The molecule has 2 rings (SSSR count). The highest BCUT2D eigenvalue weighted by molar-refractivity contribution is 5.32. The van der Waals surface area contributed by atoms with E-state index in [-0.39, 0.29) is 5.92 Å². The van der Waals surface area contributed by atoms with Crippen LogP contribution in [0, 0.1) is 0 Å². The molecule has 0 saturated heterocycles. The smallest absolute Gasteiger partial charge is 0.145 e. The molecule has 1 aromatic heterocycles. The van der Waals surface area contributed by atoms with Crippen molar-refractivity contribution in [2.75, 3.05) is 5.73 Å². The number of aromatic amines is 1. The second-order valence-electron chi connectivity index (χ2n) is 2.61. The van der Waals surface area contributed by atoms with E-state index in [0.29, 0.717) is 12.2 Å². The van der Waals surface area contributed by atoms with E-state index in [1.54, 1.807) is 6.07 Å². The SMILES string of the molecule is Nc1cc([C@@H]2C[C@@H]2F)[nH]n1. The Morgan fingerprint density at radius 3 is 2.90 bits per heavy atom. The van der Waals surface area contributed by atoms with Crippen molar-refractivity contribution in [3.05, 3.63) is 11.8 Å². The Labute approximate surface area is 57.4 Å². The summed E-state index contributed by atoms with van der Waals surface area (Å²) in [6, 6.07) is 1.68. The highest BCUT2D eigenvalue weighted by atomic mass is 19.1. The largest absolute Gasteiger partial charge is 0.382 e. The number of nitrogens with one attached hydrogen (secondary N) is 1. The highest BCUT2D eigenvalue weighted by Crippen LogP contribution is 2.42. The number of nitrogens with zero attached hydrogens (tertiary/aromatic N) is 1. The van der Waals surface area contributed by atoms with Crippen LogP contribution in [0.15, 0.2) is 6.07 Å². The normalized spacial score (nSPS) is 30.5. The predicted octanol–water partition coefficient (Wildman–Crippen LogP) is 0.817. The topological polar surface area (TPSA) is 54.7 Å². The van der Waals surface area contributed by atoms with E-state index in [2.05, 4.69) is 10.2 Å². The Morgan fingerprint density at radius 1 is 1.80 bits per heavy atom. The summed E-state index contributed by atoms with van der Waals surface area (Å²) in [5.41, 5.74) is 6.15. The van der Waals surface area contributed by atoms with Crippen molar-refractivity contribution >= 4 is 5.82 Å². The van der Waals surface area contributed by atoms with E-state index in [9.17, 15) is 4.39 Å². The fraction of sp³-hybridized carbons (Fsp3) is 0.500. The number of nitrogens with two attached hydrogens (primary N) is 1. The summed E-state index contributed by atoms with van der Waals surface area (Å²) in [6.07, 6.45) is -0.0680. The van der Waals surface area contributed by atoms with E-state index in [0.717, 1.165) is 5.69 Å². The molecule has 0 spiro atoms. The van der Waals surface area contributed by atoms with E-state index in [4.69, 9.17) is 5.73 Å². The van der Waals surface area contributed by atoms with Gasteiger partial charge in [0.05, 0.1) is 0 Å². The number of halogens is 1. The van der Waals surface area contributed by atoms with Crippen molar-refractivity contribution in [1.82, 2.24) is 10.2 Å². The second kappa shape index (κ2) is 1.71. The number of alkyl halides is 1. The summed E-state index contributed by atoms with van der Waals surface area (Å²) in [4.78, 5) is 0. The summed E-state index contributed by atoms with van der Waals surface area (Å²) in [6.45, 7) is 0. The zero-order valence-electron chi connectivity index (χ0n) is 5.34. The third kappa shape index (κ3) is 0.761. The molecule has 1 aliphatic rings. The molecule has 0 unspecified atom stereocenters. The number of nitrogen functional groups attached to an aromatic ring is 1. The lowest BCUT2D eigenvalue weighted by Gasteiger charge is -1.84. The van der Waals surface area contributed by atoms with Gasteiger partial charge >= 0.3 is 0 Å². The average Bonchev–Trinajstić information content (AvgIpc) is 2.42. The van der Waals surface area contributed by atoms with Crippen molar-refractivity contribution in [2.45, 2.75) is 18.5 Å². The van der Waals surface area contributed by atoms with Crippen molar-refractivity contribution in [1.29, 1.82) is 0 Å². The minimum absolute atomic E-state index is 0.0322. The van der Waals surface area contributed by atoms with Gasteiger partial charge in [0, 0.05) is 17.7 Å². The molecule has 1 aliphatic carbocycles. The van der Waals surface area contributed by atoms with Crippen LogP contribution in [-0.2, 0) is 0 Å². The van der Waals surface area contributed by atoms with Crippen LogP contribution in [-0.4, -0.2) is 16.4 Å². The van der Waals surface area contributed by atoms with Gasteiger partial charge in [-0.2, -0.15) is 5.10 Å². The summed E-state index contributed by atoms with van der Waals surface area (Å²) in [7, 11) is 0. The van der Waals surface area contributed by atoms with E-state index in [1.165, 1.54) is 0 Å². The van der Waals surface area contributed by atoms with Gasteiger partial charge in [0.2, 0.25) is 0 Å².